The quantitative estimate of drug-likeness (QED) is 0.197. The van der Waals surface area contributed by atoms with Crippen molar-refractivity contribution in [2.45, 2.75) is 37.0 Å². The average molecular weight is 439 g/mol. The fraction of sp³-hybridized carbons (Fsp3) is 0.207. The van der Waals surface area contributed by atoms with Crippen LogP contribution in [0.2, 0.25) is 0 Å². The minimum Gasteiger partial charge on any atom is -0.207 e. The molecule has 0 N–H and O–H groups in total. The van der Waals surface area contributed by atoms with E-state index in [1.54, 1.807) is 12.1 Å². The number of hydrogen-bond acceptors (Lipinski definition) is 1. The van der Waals surface area contributed by atoms with Crippen molar-refractivity contribution in [3.8, 4) is 11.3 Å². The van der Waals surface area contributed by atoms with Crippen LogP contribution >= 0.6 is 11.8 Å². The predicted octanol–water partition coefficient (Wildman–Crippen LogP) is 7.75. The van der Waals surface area contributed by atoms with E-state index in [0.29, 0.717) is 5.92 Å². The highest BCUT2D eigenvalue weighted by Crippen LogP contribution is 2.53. The van der Waals surface area contributed by atoms with Gasteiger partial charge in [0.2, 0.25) is 5.69 Å². The van der Waals surface area contributed by atoms with Gasteiger partial charge in [0.25, 0.3) is 0 Å². The second-order valence-corrected chi connectivity index (χ2v) is 10.4. The molecule has 0 amide bonds. The highest BCUT2D eigenvalue weighted by molar-refractivity contribution is 8.00. The van der Waals surface area contributed by atoms with Gasteiger partial charge in [0.05, 0.1) is 10.9 Å². The van der Waals surface area contributed by atoms with Crippen LogP contribution in [0.3, 0.4) is 0 Å². The fourth-order valence-corrected chi connectivity index (χ4v) is 6.84. The third-order valence-corrected chi connectivity index (χ3v) is 8.02. The summed E-state index contributed by atoms with van der Waals surface area (Å²) in [6, 6.07) is 18.3. The van der Waals surface area contributed by atoms with Gasteiger partial charge in [0.1, 0.15) is 12.9 Å². The van der Waals surface area contributed by atoms with Gasteiger partial charge in [-0.15, -0.1) is 0 Å². The number of rotatable bonds is 2. The van der Waals surface area contributed by atoms with Gasteiger partial charge in [-0.2, -0.15) is 0 Å². The highest BCUT2D eigenvalue weighted by atomic mass is 32.2. The second-order valence-electron chi connectivity index (χ2n) is 9.36. The van der Waals surface area contributed by atoms with Gasteiger partial charge >= 0.3 is 0 Å². The first-order valence-corrected chi connectivity index (χ1v) is 12.0. The van der Waals surface area contributed by atoms with E-state index in [0.717, 1.165) is 17.2 Å². The Morgan fingerprint density at radius 2 is 1.69 bits per heavy atom. The molecule has 4 aromatic carbocycles. The average Bonchev–Trinajstić information content (AvgIpc) is 2.77. The summed E-state index contributed by atoms with van der Waals surface area (Å²) in [5.41, 5.74) is 5.39. The van der Waals surface area contributed by atoms with Crippen molar-refractivity contribution in [3.63, 3.8) is 0 Å². The molecule has 0 radical (unpaired) electrons. The van der Waals surface area contributed by atoms with E-state index in [1.165, 1.54) is 53.7 Å². The van der Waals surface area contributed by atoms with Crippen molar-refractivity contribution in [2.75, 3.05) is 0 Å². The lowest BCUT2D eigenvalue weighted by atomic mass is 9.88. The van der Waals surface area contributed by atoms with Crippen LogP contribution in [0, 0.1) is 18.7 Å². The van der Waals surface area contributed by atoms with Crippen molar-refractivity contribution in [1.29, 1.82) is 0 Å². The summed E-state index contributed by atoms with van der Waals surface area (Å²) in [6.07, 6.45) is 3.17. The molecule has 32 heavy (non-hydrogen) atoms. The Balaban J connectivity index is 1.84. The lowest BCUT2D eigenvalue weighted by Gasteiger charge is -2.26. The molecule has 0 saturated carbocycles. The summed E-state index contributed by atoms with van der Waals surface area (Å²) < 4.78 is 16.4. The number of aryl methyl sites for hydroxylation is 2. The van der Waals surface area contributed by atoms with Gasteiger partial charge in [-0.3, -0.25) is 0 Å². The molecule has 1 aromatic heterocycles. The van der Waals surface area contributed by atoms with Crippen molar-refractivity contribution < 1.29 is 8.96 Å². The van der Waals surface area contributed by atoms with Crippen LogP contribution in [0.4, 0.5) is 4.39 Å². The molecule has 2 heterocycles. The molecular weight excluding hydrogens is 413 g/mol. The summed E-state index contributed by atoms with van der Waals surface area (Å²) in [7, 11) is 2.14. The van der Waals surface area contributed by atoms with Crippen LogP contribution in [-0.4, -0.2) is 0 Å². The van der Waals surface area contributed by atoms with Crippen LogP contribution in [0.5, 0.6) is 0 Å². The maximum Gasteiger partial charge on any atom is 0.222 e. The molecule has 0 atom stereocenters. The highest BCUT2D eigenvalue weighted by Gasteiger charge is 2.32. The maximum atomic E-state index is 14.1. The predicted molar refractivity (Wildman–Crippen MR) is 133 cm³/mol. The van der Waals surface area contributed by atoms with E-state index < -0.39 is 0 Å². The molecule has 0 fully saturated rings. The SMILES string of the molecule is Cc1c2c(c(CC(C)C)c3ccccc13)Sc1c3ccc(F)cc3cc3cc[n+](C)c-2c13. The molecule has 0 saturated heterocycles. The van der Waals surface area contributed by atoms with Gasteiger partial charge in [0.15, 0.2) is 6.20 Å². The Morgan fingerprint density at radius 3 is 2.47 bits per heavy atom. The Hall–Kier alpha value is -2.91. The molecular formula is C29H25FNS+. The number of fused-ring (bicyclic) bond motifs is 5. The molecule has 6 rings (SSSR count). The molecule has 0 spiro atoms. The van der Waals surface area contributed by atoms with E-state index in [1.807, 2.05) is 17.8 Å². The van der Waals surface area contributed by atoms with Gasteiger partial charge in [-0.1, -0.05) is 55.9 Å². The first kappa shape index (κ1) is 19.8. The summed E-state index contributed by atoms with van der Waals surface area (Å²) in [6.45, 7) is 6.85. The minimum absolute atomic E-state index is 0.186. The van der Waals surface area contributed by atoms with Crippen molar-refractivity contribution in [1.82, 2.24) is 0 Å². The standard InChI is InChI=1S/C29H25FNS/c1-16(2)13-24-23-8-6-5-7-21(23)17(3)25-27-26-18(11-12-31(27)4)14-19-15-20(30)9-10-22(19)28(26)32-29(24)25/h5-12,14-16H,13H2,1-4H3/q+1. The van der Waals surface area contributed by atoms with Crippen LogP contribution in [0.15, 0.2) is 70.6 Å². The van der Waals surface area contributed by atoms with Crippen LogP contribution < -0.4 is 4.57 Å². The molecule has 0 aliphatic carbocycles. The van der Waals surface area contributed by atoms with Gasteiger partial charge in [0, 0.05) is 15.9 Å². The van der Waals surface area contributed by atoms with E-state index in [9.17, 15) is 4.39 Å². The monoisotopic (exact) mass is 438 g/mol. The zero-order valence-corrected chi connectivity index (χ0v) is 19.6. The topological polar surface area (TPSA) is 3.88 Å². The molecule has 1 nitrogen and oxygen atoms in total. The molecule has 0 unspecified atom stereocenters. The van der Waals surface area contributed by atoms with Crippen LogP contribution in [-0.2, 0) is 13.5 Å². The van der Waals surface area contributed by atoms with E-state index in [4.69, 9.17) is 0 Å². The number of halogens is 1. The van der Waals surface area contributed by atoms with Crippen molar-refractivity contribution in [2.24, 2.45) is 13.0 Å². The van der Waals surface area contributed by atoms with Crippen LogP contribution in [0.25, 0.3) is 43.6 Å². The zero-order valence-electron chi connectivity index (χ0n) is 18.8. The van der Waals surface area contributed by atoms with E-state index >= 15 is 0 Å². The second kappa shape index (κ2) is 7.05. The molecule has 1 aliphatic rings. The summed E-state index contributed by atoms with van der Waals surface area (Å²) in [4.78, 5) is 2.61. The molecule has 0 bridgehead atoms. The van der Waals surface area contributed by atoms with Crippen molar-refractivity contribution >= 4 is 44.1 Å². The minimum atomic E-state index is -0.186. The lowest BCUT2D eigenvalue weighted by Crippen LogP contribution is -2.32. The Morgan fingerprint density at radius 1 is 0.906 bits per heavy atom. The largest absolute Gasteiger partial charge is 0.222 e. The maximum absolute atomic E-state index is 14.1. The van der Waals surface area contributed by atoms with E-state index in [2.05, 4.69) is 75.0 Å². The Kier molecular flexibility index (Phi) is 4.35. The number of pyridine rings is 1. The number of benzene rings is 4. The Bertz CT molecular complexity index is 1580. The number of nitrogens with zero attached hydrogens (tertiary/aromatic N) is 1. The fourth-order valence-electron chi connectivity index (χ4n) is 5.35. The lowest BCUT2D eigenvalue weighted by molar-refractivity contribution is -0.659. The third kappa shape index (κ3) is 2.74. The summed E-state index contributed by atoms with van der Waals surface area (Å²) in [5.74, 6) is 0.368. The first-order chi connectivity index (χ1) is 15.4. The molecule has 5 aromatic rings. The third-order valence-electron chi connectivity index (χ3n) is 6.74. The van der Waals surface area contributed by atoms with E-state index in [-0.39, 0.29) is 5.82 Å². The smallest absolute Gasteiger partial charge is 0.207 e. The van der Waals surface area contributed by atoms with Gasteiger partial charge in [-0.05, 0) is 75.5 Å². The van der Waals surface area contributed by atoms with Crippen molar-refractivity contribution in [3.05, 3.63) is 77.7 Å². The summed E-state index contributed by atoms with van der Waals surface area (Å²) >= 11 is 1.88. The summed E-state index contributed by atoms with van der Waals surface area (Å²) in [5, 5.41) is 7.23. The Labute approximate surface area is 191 Å². The number of aromatic nitrogens is 1. The number of hydrogen-bond donors (Lipinski definition) is 0. The first-order valence-electron chi connectivity index (χ1n) is 11.2. The van der Waals surface area contributed by atoms with Gasteiger partial charge < -0.3 is 0 Å². The zero-order chi connectivity index (χ0) is 22.1. The normalized spacial score (nSPS) is 12.8. The van der Waals surface area contributed by atoms with Crippen LogP contribution in [0.1, 0.15) is 25.0 Å². The molecule has 3 heteroatoms. The molecule has 1 aliphatic heterocycles. The molecule has 158 valence electrons. The van der Waals surface area contributed by atoms with Gasteiger partial charge in [-0.25, -0.2) is 8.96 Å².